The van der Waals surface area contributed by atoms with E-state index in [0.29, 0.717) is 10.6 Å². The van der Waals surface area contributed by atoms with Crippen LogP contribution in [0.15, 0.2) is 77.7 Å². The van der Waals surface area contributed by atoms with Crippen molar-refractivity contribution in [1.29, 1.82) is 0 Å². The number of non-ortho nitro benzene ring substituents is 1. The second kappa shape index (κ2) is 13.5. The highest BCUT2D eigenvalue weighted by atomic mass is 35.5. The van der Waals surface area contributed by atoms with Gasteiger partial charge in [0.25, 0.3) is 15.7 Å². The van der Waals surface area contributed by atoms with Crippen LogP contribution in [0.1, 0.15) is 39.7 Å². The number of anilines is 1. The fraction of sp³-hybridized carbons (Fsp3) is 0.310. The van der Waals surface area contributed by atoms with Gasteiger partial charge in [0.15, 0.2) is 0 Å². The van der Waals surface area contributed by atoms with Gasteiger partial charge in [0.1, 0.15) is 12.6 Å². The highest BCUT2D eigenvalue weighted by Crippen LogP contribution is 2.28. The Hall–Kier alpha value is -3.67. The number of nitrogens with one attached hydrogen (secondary N) is 1. The SMILES string of the molecule is CC[C@@H](C(=O)NC(C)(C)C)N(Cc1ccc(Cl)cc1Cl)C(=O)CN(c1ccc([N+](=O)[O-])cc1)S(=O)(=O)c1ccccc1. The molecule has 0 unspecified atom stereocenters. The van der Waals surface area contributed by atoms with Crippen molar-refractivity contribution in [2.24, 2.45) is 0 Å². The van der Waals surface area contributed by atoms with Crippen LogP contribution in [-0.4, -0.2) is 48.2 Å². The number of hydrogen-bond acceptors (Lipinski definition) is 6. The second-order valence-electron chi connectivity index (χ2n) is 10.5. The minimum absolute atomic E-state index is 0.0365. The first-order valence-electron chi connectivity index (χ1n) is 13.0. The van der Waals surface area contributed by atoms with Crippen LogP contribution in [0.25, 0.3) is 0 Å². The van der Waals surface area contributed by atoms with E-state index < -0.39 is 44.9 Å². The summed E-state index contributed by atoms with van der Waals surface area (Å²) >= 11 is 12.5. The molecule has 1 N–H and O–H groups in total. The van der Waals surface area contributed by atoms with Crippen molar-refractivity contribution in [3.63, 3.8) is 0 Å². The number of benzene rings is 3. The summed E-state index contributed by atoms with van der Waals surface area (Å²) < 4.78 is 28.5. The zero-order valence-electron chi connectivity index (χ0n) is 23.6. The number of nitrogens with zero attached hydrogens (tertiary/aromatic N) is 3. The lowest BCUT2D eigenvalue weighted by Gasteiger charge is -2.35. The average molecular weight is 636 g/mol. The van der Waals surface area contributed by atoms with Gasteiger partial charge in [-0.05, 0) is 69.2 Å². The maximum Gasteiger partial charge on any atom is 0.269 e. The molecule has 0 aromatic heterocycles. The molecule has 0 aliphatic rings. The summed E-state index contributed by atoms with van der Waals surface area (Å²) in [4.78, 5) is 39.3. The number of nitro groups is 1. The molecule has 0 aliphatic carbocycles. The van der Waals surface area contributed by atoms with E-state index in [1.165, 1.54) is 35.2 Å². The Labute approximate surface area is 255 Å². The molecule has 10 nitrogen and oxygen atoms in total. The molecule has 0 radical (unpaired) electrons. The fourth-order valence-electron chi connectivity index (χ4n) is 4.19. The largest absolute Gasteiger partial charge is 0.350 e. The summed E-state index contributed by atoms with van der Waals surface area (Å²) in [7, 11) is -4.31. The summed E-state index contributed by atoms with van der Waals surface area (Å²) in [5.41, 5.74) is -0.303. The van der Waals surface area contributed by atoms with Crippen molar-refractivity contribution in [2.45, 2.75) is 57.1 Å². The lowest BCUT2D eigenvalue weighted by Crippen LogP contribution is -2.55. The number of amides is 2. The molecule has 224 valence electrons. The lowest BCUT2D eigenvalue weighted by molar-refractivity contribution is -0.384. The predicted octanol–water partition coefficient (Wildman–Crippen LogP) is 5.82. The van der Waals surface area contributed by atoms with E-state index in [9.17, 15) is 28.1 Å². The number of hydrogen-bond donors (Lipinski definition) is 1. The van der Waals surface area contributed by atoms with Crippen LogP contribution in [-0.2, 0) is 26.2 Å². The van der Waals surface area contributed by atoms with Crippen LogP contribution < -0.4 is 9.62 Å². The molecule has 2 amide bonds. The van der Waals surface area contributed by atoms with Crippen LogP contribution in [0.2, 0.25) is 10.0 Å². The zero-order chi connectivity index (χ0) is 31.2. The molecule has 0 saturated heterocycles. The summed E-state index contributed by atoms with van der Waals surface area (Å²) in [6, 6.07) is 16.1. The van der Waals surface area contributed by atoms with Gasteiger partial charge < -0.3 is 10.2 Å². The van der Waals surface area contributed by atoms with Gasteiger partial charge in [-0.2, -0.15) is 0 Å². The van der Waals surface area contributed by atoms with Crippen LogP contribution in [0.3, 0.4) is 0 Å². The molecular formula is C29H32Cl2N4O6S. The van der Waals surface area contributed by atoms with Gasteiger partial charge >= 0.3 is 0 Å². The molecule has 0 spiro atoms. The molecule has 0 aliphatic heterocycles. The molecule has 0 bridgehead atoms. The Balaban J connectivity index is 2.10. The predicted molar refractivity (Wildman–Crippen MR) is 163 cm³/mol. The Bertz CT molecular complexity index is 1540. The molecule has 1 atom stereocenters. The van der Waals surface area contributed by atoms with Crippen LogP contribution in [0.4, 0.5) is 11.4 Å². The minimum Gasteiger partial charge on any atom is -0.350 e. The van der Waals surface area contributed by atoms with E-state index in [1.54, 1.807) is 37.3 Å². The summed E-state index contributed by atoms with van der Waals surface area (Å²) in [5.74, 6) is -1.11. The number of carbonyl (C=O) groups excluding carboxylic acids is 2. The standard InChI is InChI=1S/C29H32Cl2N4O6S/c1-5-26(28(37)32-29(2,3)4)33(18-20-11-12-21(30)17-25(20)31)27(36)19-34(22-13-15-23(16-14-22)35(38)39)42(40,41)24-9-7-6-8-10-24/h6-17,26H,5,18-19H2,1-4H3,(H,32,37)/t26-/m0/s1. The second-order valence-corrected chi connectivity index (χ2v) is 13.2. The minimum atomic E-state index is -4.31. The van der Waals surface area contributed by atoms with Crippen molar-refractivity contribution in [1.82, 2.24) is 10.2 Å². The monoisotopic (exact) mass is 634 g/mol. The molecule has 3 rings (SSSR count). The van der Waals surface area contributed by atoms with Gasteiger partial charge in [0.05, 0.1) is 15.5 Å². The van der Waals surface area contributed by atoms with Gasteiger partial charge in [-0.3, -0.25) is 24.0 Å². The van der Waals surface area contributed by atoms with Gasteiger partial charge in [-0.25, -0.2) is 8.42 Å². The van der Waals surface area contributed by atoms with E-state index in [1.807, 2.05) is 20.8 Å². The van der Waals surface area contributed by atoms with Crippen molar-refractivity contribution in [2.75, 3.05) is 10.8 Å². The Kier molecular flexibility index (Phi) is 10.6. The maximum absolute atomic E-state index is 14.1. The van der Waals surface area contributed by atoms with Crippen molar-refractivity contribution < 1.29 is 22.9 Å². The Morgan fingerprint density at radius 1 is 1.00 bits per heavy atom. The Morgan fingerprint density at radius 2 is 1.62 bits per heavy atom. The number of carbonyl (C=O) groups is 2. The van der Waals surface area contributed by atoms with E-state index in [-0.39, 0.29) is 34.3 Å². The first-order chi connectivity index (χ1) is 19.6. The van der Waals surface area contributed by atoms with Gasteiger partial charge in [-0.15, -0.1) is 0 Å². The van der Waals surface area contributed by atoms with Crippen molar-refractivity contribution >= 4 is 56.4 Å². The third-order valence-corrected chi connectivity index (χ3v) is 8.57. The molecular weight excluding hydrogens is 603 g/mol. The molecule has 13 heteroatoms. The first kappa shape index (κ1) is 32.8. The number of nitro benzene ring substituents is 1. The molecule has 42 heavy (non-hydrogen) atoms. The summed E-state index contributed by atoms with van der Waals surface area (Å²) in [6.07, 6.45) is 0.224. The highest BCUT2D eigenvalue weighted by molar-refractivity contribution is 7.92. The van der Waals surface area contributed by atoms with E-state index in [4.69, 9.17) is 23.2 Å². The van der Waals surface area contributed by atoms with Crippen LogP contribution in [0, 0.1) is 10.1 Å². The third kappa shape index (κ3) is 8.21. The topological polar surface area (TPSA) is 130 Å². The number of sulfonamides is 1. The molecule has 0 heterocycles. The third-order valence-electron chi connectivity index (χ3n) is 6.20. The van der Waals surface area contributed by atoms with Crippen LogP contribution >= 0.6 is 23.2 Å². The Morgan fingerprint density at radius 3 is 2.14 bits per heavy atom. The quantitative estimate of drug-likeness (QED) is 0.209. The maximum atomic E-state index is 14.1. The van der Waals surface area contributed by atoms with Gasteiger partial charge in [0.2, 0.25) is 11.8 Å². The highest BCUT2D eigenvalue weighted by Gasteiger charge is 2.35. The normalized spacial score (nSPS) is 12.3. The summed E-state index contributed by atoms with van der Waals surface area (Å²) in [6.45, 7) is 6.36. The molecule has 0 saturated carbocycles. The van der Waals surface area contributed by atoms with Crippen molar-refractivity contribution in [3.05, 3.63) is 98.5 Å². The van der Waals surface area contributed by atoms with Gasteiger partial charge in [0, 0.05) is 34.3 Å². The van der Waals surface area contributed by atoms with E-state index in [0.717, 1.165) is 16.4 Å². The fourth-order valence-corrected chi connectivity index (χ4v) is 6.10. The van der Waals surface area contributed by atoms with Crippen molar-refractivity contribution in [3.8, 4) is 0 Å². The number of halogens is 2. The molecule has 3 aromatic rings. The summed E-state index contributed by atoms with van der Waals surface area (Å²) in [5, 5.41) is 14.8. The van der Waals surface area contributed by atoms with E-state index in [2.05, 4.69) is 5.32 Å². The molecule has 3 aromatic carbocycles. The smallest absolute Gasteiger partial charge is 0.269 e. The zero-order valence-corrected chi connectivity index (χ0v) is 25.9. The molecule has 0 fully saturated rings. The average Bonchev–Trinajstić information content (AvgIpc) is 2.92. The number of rotatable bonds is 11. The van der Waals surface area contributed by atoms with Gasteiger partial charge in [-0.1, -0.05) is 54.4 Å². The van der Waals surface area contributed by atoms with E-state index >= 15 is 0 Å². The van der Waals surface area contributed by atoms with Crippen LogP contribution in [0.5, 0.6) is 0 Å². The first-order valence-corrected chi connectivity index (χ1v) is 15.2. The lowest BCUT2D eigenvalue weighted by atomic mass is 10.1.